The van der Waals surface area contributed by atoms with E-state index in [0.717, 1.165) is 13.0 Å². The number of hydrogen-bond acceptors (Lipinski definition) is 4. The fraction of sp³-hybridized carbons (Fsp3) is 0.357. The molecule has 0 radical (unpaired) electrons. The Hall–Kier alpha value is -2.27. The van der Waals surface area contributed by atoms with Crippen LogP contribution in [0.2, 0.25) is 0 Å². The molecule has 5 rings (SSSR count). The first-order chi connectivity index (χ1) is 15.8. The zero-order valence-corrected chi connectivity index (χ0v) is 19.9. The molecule has 2 aliphatic rings. The molecule has 3 nitrogen and oxygen atoms in total. The third-order valence-electron chi connectivity index (χ3n) is 6.66. The van der Waals surface area contributed by atoms with Crippen LogP contribution in [-0.2, 0) is 6.42 Å². The Morgan fingerprint density at radius 2 is 1.38 bits per heavy atom. The lowest BCUT2D eigenvalue weighted by molar-refractivity contribution is 0.133. The molecule has 1 saturated heterocycles. The first kappa shape index (κ1) is 21.6. The van der Waals surface area contributed by atoms with E-state index in [1.54, 1.807) is 0 Å². The second kappa shape index (κ2) is 10.1. The Kier molecular flexibility index (Phi) is 6.82. The predicted molar refractivity (Wildman–Crippen MR) is 136 cm³/mol. The number of para-hydroxylation sites is 1. The van der Waals surface area contributed by atoms with Crippen molar-refractivity contribution in [1.29, 1.82) is 0 Å². The molecular formula is C28H33N3S. The molecule has 0 aliphatic carbocycles. The highest BCUT2D eigenvalue weighted by Gasteiger charge is 2.23. The molecule has 0 N–H and O–H groups in total. The van der Waals surface area contributed by atoms with Gasteiger partial charge in [-0.25, -0.2) is 0 Å². The molecule has 1 fully saturated rings. The normalized spacial score (nSPS) is 16.6. The first-order valence-electron chi connectivity index (χ1n) is 11.9. The van der Waals surface area contributed by atoms with Crippen LogP contribution in [0.5, 0.6) is 0 Å². The smallest absolute Gasteiger partial charge is 0.0555 e. The summed E-state index contributed by atoms with van der Waals surface area (Å²) in [5.41, 5.74) is 5.52. The summed E-state index contributed by atoms with van der Waals surface area (Å²) in [5, 5.41) is 0. The Morgan fingerprint density at radius 3 is 2.19 bits per heavy atom. The van der Waals surface area contributed by atoms with Crippen molar-refractivity contribution in [3.8, 4) is 0 Å². The molecule has 0 amide bonds. The van der Waals surface area contributed by atoms with Crippen molar-refractivity contribution in [3.63, 3.8) is 0 Å². The van der Waals surface area contributed by atoms with E-state index in [0.29, 0.717) is 0 Å². The van der Waals surface area contributed by atoms with E-state index in [9.17, 15) is 0 Å². The van der Waals surface area contributed by atoms with Gasteiger partial charge in [-0.3, -0.25) is 0 Å². The van der Waals surface area contributed by atoms with Crippen LogP contribution >= 0.6 is 11.8 Å². The number of nitrogens with zero attached hydrogens (tertiary/aromatic N) is 3. The average Bonchev–Trinajstić information content (AvgIpc) is 2.84. The Bertz CT molecular complexity index is 1030. The van der Waals surface area contributed by atoms with E-state index in [2.05, 4.69) is 94.4 Å². The summed E-state index contributed by atoms with van der Waals surface area (Å²) < 4.78 is 0. The largest absolute Gasteiger partial charge is 0.340 e. The third kappa shape index (κ3) is 5.03. The first-order valence-corrected chi connectivity index (χ1v) is 12.7. The average molecular weight is 444 g/mol. The lowest BCUT2D eigenvalue weighted by atomic mass is 10.1. The molecule has 32 heavy (non-hydrogen) atoms. The van der Waals surface area contributed by atoms with E-state index in [1.807, 2.05) is 11.8 Å². The second-order valence-corrected chi connectivity index (χ2v) is 10.0. The number of piperazine rings is 1. The fourth-order valence-electron chi connectivity index (χ4n) is 4.80. The highest BCUT2D eigenvalue weighted by atomic mass is 32.2. The monoisotopic (exact) mass is 443 g/mol. The van der Waals surface area contributed by atoms with Gasteiger partial charge in [0.15, 0.2) is 0 Å². The lowest BCUT2D eigenvalue weighted by Crippen LogP contribution is -2.47. The van der Waals surface area contributed by atoms with Crippen LogP contribution < -0.4 is 4.90 Å². The second-order valence-electron chi connectivity index (χ2n) is 8.97. The Labute approximate surface area is 197 Å². The van der Waals surface area contributed by atoms with Crippen molar-refractivity contribution in [3.05, 3.63) is 83.9 Å². The van der Waals surface area contributed by atoms with Gasteiger partial charge >= 0.3 is 0 Å². The number of anilines is 2. The molecule has 0 aromatic heterocycles. The van der Waals surface area contributed by atoms with Crippen LogP contribution in [0, 0.1) is 6.92 Å². The van der Waals surface area contributed by atoms with Gasteiger partial charge in [-0.1, -0.05) is 60.3 Å². The summed E-state index contributed by atoms with van der Waals surface area (Å²) in [6.45, 7) is 10.4. The third-order valence-corrected chi connectivity index (χ3v) is 7.79. The minimum atomic E-state index is 1.07. The van der Waals surface area contributed by atoms with E-state index in [4.69, 9.17) is 0 Å². The molecule has 0 bridgehead atoms. The quantitative estimate of drug-likeness (QED) is 0.453. The maximum atomic E-state index is 2.65. The SMILES string of the molecule is Cc1ccc2c(c1)N(CCCN1CCN(CCc3ccccc3)CC1)c1ccccc1S2. The van der Waals surface area contributed by atoms with Crippen molar-refractivity contribution in [2.45, 2.75) is 29.6 Å². The van der Waals surface area contributed by atoms with Crippen molar-refractivity contribution in [2.24, 2.45) is 0 Å². The van der Waals surface area contributed by atoms with Crippen molar-refractivity contribution < 1.29 is 0 Å². The van der Waals surface area contributed by atoms with Gasteiger partial charge in [-0.2, -0.15) is 0 Å². The standard InChI is InChI=1S/C28H33N3S/c1-23-12-13-28-26(22-23)31(25-10-5-6-11-27(25)32-28)16-7-15-29-18-20-30(21-19-29)17-14-24-8-3-2-4-9-24/h2-6,8-13,22H,7,14-21H2,1H3. The van der Waals surface area contributed by atoms with Crippen LogP contribution in [0.3, 0.4) is 0 Å². The van der Waals surface area contributed by atoms with Gasteiger partial charge in [0.05, 0.1) is 11.4 Å². The summed E-state index contributed by atoms with van der Waals surface area (Å²) in [6.07, 6.45) is 2.35. The number of fused-ring (bicyclic) bond motifs is 2. The molecule has 0 spiro atoms. The fourth-order valence-corrected chi connectivity index (χ4v) is 5.88. The van der Waals surface area contributed by atoms with E-state index in [-0.39, 0.29) is 0 Å². The van der Waals surface area contributed by atoms with Crippen LogP contribution in [0.25, 0.3) is 0 Å². The van der Waals surface area contributed by atoms with E-state index < -0.39 is 0 Å². The topological polar surface area (TPSA) is 9.72 Å². The molecule has 4 heteroatoms. The van der Waals surface area contributed by atoms with Gasteiger partial charge in [0.25, 0.3) is 0 Å². The summed E-state index contributed by atoms with van der Waals surface area (Å²) in [7, 11) is 0. The summed E-state index contributed by atoms with van der Waals surface area (Å²) >= 11 is 1.90. The maximum absolute atomic E-state index is 2.65. The predicted octanol–water partition coefficient (Wildman–Crippen LogP) is 5.85. The van der Waals surface area contributed by atoms with Crippen LogP contribution in [-0.4, -0.2) is 55.6 Å². The van der Waals surface area contributed by atoms with E-state index >= 15 is 0 Å². The van der Waals surface area contributed by atoms with Crippen LogP contribution in [0.1, 0.15) is 17.5 Å². The summed E-state index contributed by atoms with van der Waals surface area (Å²) in [6, 6.07) is 26.6. The van der Waals surface area contributed by atoms with Crippen molar-refractivity contribution >= 4 is 23.1 Å². The number of benzene rings is 3. The van der Waals surface area contributed by atoms with Gasteiger partial charge in [0, 0.05) is 49.1 Å². The summed E-state index contributed by atoms with van der Waals surface area (Å²) in [4.78, 5) is 10.6. The zero-order chi connectivity index (χ0) is 21.8. The molecule has 3 aromatic rings. The minimum absolute atomic E-state index is 1.07. The molecule has 2 aliphatic heterocycles. The Morgan fingerprint density at radius 1 is 0.688 bits per heavy atom. The lowest BCUT2D eigenvalue weighted by Gasteiger charge is -2.36. The highest BCUT2D eigenvalue weighted by molar-refractivity contribution is 7.99. The summed E-state index contributed by atoms with van der Waals surface area (Å²) in [5.74, 6) is 0. The van der Waals surface area contributed by atoms with Crippen LogP contribution in [0.15, 0.2) is 82.6 Å². The highest BCUT2D eigenvalue weighted by Crippen LogP contribution is 2.48. The van der Waals surface area contributed by atoms with Crippen LogP contribution in [0.4, 0.5) is 11.4 Å². The van der Waals surface area contributed by atoms with Gasteiger partial charge in [-0.05, 0) is 61.7 Å². The molecule has 166 valence electrons. The number of aryl methyl sites for hydroxylation is 1. The van der Waals surface area contributed by atoms with Gasteiger partial charge < -0.3 is 14.7 Å². The minimum Gasteiger partial charge on any atom is -0.340 e. The van der Waals surface area contributed by atoms with Crippen molar-refractivity contribution in [2.75, 3.05) is 50.7 Å². The molecule has 0 saturated carbocycles. The molecule has 3 aromatic carbocycles. The zero-order valence-electron chi connectivity index (χ0n) is 19.0. The molecule has 2 heterocycles. The molecule has 0 atom stereocenters. The maximum Gasteiger partial charge on any atom is 0.0555 e. The Balaban J connectivity index is 1.13. The molecular weight excluding hydrogens is 410 g/mol. The number of hydrogen-bond donors (Lipinski definition) is 0. The van der Waals surface area contributed by atoms with Gasteiger partial charge in [0.1, 0.15) is 0 Å². The van der Waals surface area contributed by atoms with E-state index in [1.165, 1.54) is 78.0 Å². The van der Waals surface area contributed by atoms with Gasteiger partial charge in [-0.15, -0.1) is 0 Å². The molecule has 0 unspecified atom stereocenters. The number of rotatable bonds is 7. The van der Waals surface area contributed by atoms with Crippen molar-refractivity contribution in [1.82, 2.24) is 9.80 Å². The van der Waals surface area contributed by atoms with Gasteiger partial charge in [0.2, 0.25) is 0 Å².